The third-order valence-corrected chi connectivity index (χ3v) is 4.00. The first kappa shape index (κ1) is 18.4. The standard InChI is InChI=1S/C16H21N5O4/c1-24-13-5-4-12(14(10-13)25-2)11-21-9-8-20(15(22)16(21)23)7-3-6-18-19-17/h4-5,10H,3,6-9,11H2,1-2H3. The van der Waals surface area contributed by atoms with E-state index in [-0.39, 0.29) is 0 Å². The van der Waals surface area contributed by atoms with Gasteiger partial charge in [-0.05, 0) is 24.1 Å². The van der Waals surface area contributed by atoms with Crippen molar-refractivity contribution < 1.29 is 19.1 Å². The van der Waals surface area contributed by atoms with E-state index < -0.39 is 11.8 Å². The highest BCUT2D eigenvalue weighted by atomic mass is 16.5. The van der Waals surface area contributed by atoms with Gasteiger partial charge >= 0.3 is 11.8 Å². The van der Waals surface area contributed by atoms with Gasteiger partial charge in [0.05, 0.1) is 14.2 Å². The Hall–Kier alpha value is -2.93. The lowest BCUT2D eigenvalue weighted by molar-refractivity contribution is -0.156. The Morgan fingerprint density at radius 1 is 1.16 bits per heavy atom. The summed E-state index contributed by atoms with van der Waals surface area (Å²) >= 11 is 0. The molecule has 9 heteroatoms. The molecule has 1 aromatic carbocycles. The highest BCUT2D eigenvalue weighted by Crippen LogP contribution is 2.26. The van der Waals surface area contributed by atoms with E-state index in [1.54, 1.807) is 26.4 Å². The van der Waals surface area contributed by atoms with Crippen LogP contribution in [0, 0.1) is 0 Å². The number of carbonyl (C=O) groups is 2. The number of methoxy groups -OCH3 is 2. The molecule has 0 aromatic heterocycles. The van der Waals surface area contributed by atoms with Crippen LogP contribution in [0.3, 0.4) is 0 Å². The second-order valence-electron chi connectivity index (χ2n) is 5.50. The minimum Gasteiger partial charge on any atom is -0.497 e. The number of azide groups is 1. The molecule has 1 aliphatic rings. The number of ether oxygens (including phenoxy) is 2. The van der Waals surface area contributed by atoms with Gasteiger partial charge in [-0.2, -0.15) is 0 Å². The average Bonchev–Trinajstić information content (AvgIpc) is 2.64. The fourth-order valence-corrected chi connectivity index (χ4v) is 2.64. The number of benzene rings is 1. The molecule has 9 nitrogen and oxygen atoms in total. The van der Waals surface area contributed by atoms with E-state index in [0.29, 0.717) is 50.6 Å². The van der Waals surface area contributed by atoms with Gasteiger partial charge in [0.2, 0.25) is 0 Å². The van der Waals surface area contributed by atoms with Crippen molar-refractivity contribution in [2.24, 2.45) is 5.11 Å². The minimum atomic E-state index is -0.534. The number of piperazine rings is 1. The van der Waals surface area contributed by atoms with E-state index in [9.17, 15) is 9.59 Å². The van der Waals surface area contributed by atoms with Crippen molar-refractivity contribution in [3.63, 3.8) is 0 Å². The van der Waals surface area contributed by atoms with E-state index >= 15 is 0 Å². The molecule has 25 heavy (non-hydrogen) atoms. The zero-order chi connectivity index (χ0) is 18.2. The van der Waals surface area contributed by atoms with E-state index in [2.05, 4.69) is 10.0 Å². The van der Waals surface area contributed by atoms with Gasteiger partial charge in [-0.15, -0.1) is 0 Å². The molecule has 0 spiro atoms. The smallest absolute Gasteiger partial charge is 0.312 e. The van der Waals surface area contributed by atoms with Gasteiger partial charge < -0.3 is 19.3 Å². The highest BCUT2D eigenvalue weighted by molar-refractivity contribution is 6.35. The Bertz CT molecular complexity index is 687. The summed E-state index contributed by atoms with van der Waals surface area (Å²) in [5, 5.41) is 3.43. The fraction of sp³-hybridized carbons (Fsp3) is 0.500. The topological polar surface area (TPSA) is 108 Å². The number of hydrogen-bond donors (Lipinski definition) is 0. The van der Waals surface area contributed by atoms with E-state index in [1.807, 2.05) is 6.07 Å². The van der Waals surface area contributed by atoms with Crippen molar-refractivity contribution >= 4 is 11.8 Å². The summed E-state index contributed by atoms with van der Waals surface area (Å²) < 4.78 is 10.5. The Morgan fingerprint density at radius 2 is 1.88 bits per heavy atom. The number of nitrogens with zero attached hydrogens (tertiary/aromatic N) is 5. The van der Waals surface area contributed by atoms with E-state index in [1.165, 1.54) is 9.80 Å². The summed E-state index contributed by atoms with van der Waals surface area (Å²) in [5.74, 6) is 0.205. The van der Waals surface area contributed by atoms with Crippen LogP contribution in [-0.2, 0) is 16.1 Å². The maximum Gasteiger partial charge on any atom is 0.312 e. The van der Waals surface area contributed by atoms with Crippen LogP contribution in [0.1, 0.15) is 12.0 Å². The van der Waals surface area contributed by atoms with Crippen LogP contribution in [0.4, 0.5) is 0 Å². The van der Waals surface area contributed by atoms with Crippen LogP contribution in [0.5, 0.6) is 11.5 Å². The van der Waals surface area contributed by atoms with E-state index in [4.69, 9.17) is 15.0 Å². The number of rotatable bonds is 8. The summed E-state index contributed by atoms with van der Waals surface area (Å²) in [4.78, 5) is 30.2. The third-order valence-electron chi connectivity index (χ3n) is 4.00. The third kappa shape index (κ3) is 4.54. The van der Waals surface area contributed by atoms with Crippen molar-refractivity contribution in [2.45, 2.75) is 13.0 Å². The van der Waals surface area contributed by atoms with Gasteiger partial charge in [0, 0.05) is 49.3 Å². The monoisotopic (exact) mass is 347 g/mol. The predicted octanol–water partition coefficient (Wildman–Crippen LogP) is 1.57. The summed E-state index contributed by atoms with van der Waals surface area (Å²) in [6, 6.07) is 5.35. The van der Waals surface area contributed by atoms with Crippen molar-refractivity contribution in [3.8, 4) is 11.5 Å². The Balaban J connectivity index is 2.00. The molecule has 1 fully saturated rings. The van der Waals surface area contributed by atoms with Crippen molar-refractivity contribution in [3.05, 3.63) is 34.2 Å². The molecule has 0 bridgehead atoms. The van der Waals surface area contributed by atoms with Gasteiger partial charge in [0.25, 0.3) is 0 Å². The lowest BCUT2D eigenvalue weighted by Gasteiger charge is -2.34. The lowest BCUT2D eigenvalue weighted by Crippen LogP contribution is -2.54. The molecule has 1 aromatic rings. The first-order chi connectivity index (χ1) is 12.1. The maximum atomic E-state index is 12.3. The van der Waals surface area contributed by atoms with Crippen LogP contribution in [0.2, 0.25) is 0 Å². The second-order valence-corrected chi connectivity index (χ2v) is 5.50. The molecular formula is C16H21N5O4. The molecule has 2 amide bonds. The van der Waals surface area contributed by atoms with Crippen LogP contribution in [0.15, 0.2) is 23.3 Å². The average molecular weight is 347 g/mol. The molecular weight excluding hydrogens is 326 g/mol. The molecule has 0 N–H and O–H groups in total. The van der Waals surface area contributed by atoms with Crippen LogP contribution in [-0.4, -0.2) is 62.0 Å². The largest absolute Gasteiger partial charge is 0.497 e. The fourth-order valence-electron chi connectivity index (χ4n) is 2.64. The van der Waals surface area contributed by atoms with Gasteiger partial charge in [-0.1, -0.05) is 5.11 Å². The molecule has 134 valence electrons. The predicted molar refractivity (Wildman–Crippen MR) is 90.2 cm³/mol. The molecule has 0 unspecified atom stereocenters. The molecule has 0 atom stereocenters. The van der Waals surface area contributed by atoms with Gasteiger partial charge in [0.1, 0.15) is 11.5 Å². The van der Waals surface area contributed by atoms with Gasteiger partial charge in [0.15, 0.2) is 0 Å². The number of amides is 2. The normalized spacial score (nSPS) is 14.3. The summed E-state index contributed by atoms with van der Waals surface area (Å²) in [7, 11) is 3.12. The zero-order valence-corrected chi connectivity index (χ0v) is 14.3. The van der Waals surface area contributed by atoms with Gasteiger partial charge in [-0.25, -0.2) is 0 Å². The second kappa shape index (κ2) is 8.79. The maximum absolute atomic E-state index is 12.3. The molecule has 1 saturated heterocycles. The summed E-state index contributed by atoms with van der Waals surface area (Å²) in [5.41, 5.74) is 9.05. The first-order valence-electron chi connectivity index (χ1n) is 7.90. The van der Waals surface area contributed by atoms with Crippen molar-refractivity contribution in [1.82, 2.24) is 9.80 Å². The lowest BCUT2D eigenvalue weighted by atomic mass is 10.1. The molecule has 0 saturated carbocycles. The van der Waals surface area contributed by atoms with Crippen LogP contribution in [0.25, 0.3) is 10.4 Å². The number of carbonyl (C=O) groups excluding carboxylic acids is 2. The Labute approximate surface area is 145 Å². The molecule has 1 heterocycles. The van der Waals surface area contributed by atoms with Crippen molar-refractivity contribution in [1.29, 1.82) is 0 Å². The quantitative estimate of drug-likeness (QED) is 0.234. The first-order valence-corrected chi connectivity index (χ1v) is 7.90. The Kier molecular flexibility index (Phi) is 6.47. The van der Waals surface area contributed by atoms with Crippen LogP contribution >= 0.6 is 0 Å². The number of hydrogen-bond acceptors (Lipinski definition) is 5. The molecule has 1 aliphatic heterocycles. The SMILES string of the molecule is COc1ccc(CN2CCN(CCCN=[N+]=[N-])C(=O)C2=O)c(OC)c1. The zero-order valence-electron chi connectivity index (χ0n) is 14.3. The minimum absolute atomic E-state index is 0.296. The van der Waals surface area contributed by atoms with E-state index in [0.717, 1.165) is 5.56 Å². The summed E-state index contributed by atoms with van der Waals surface area (Å²) in [6.45, 7) is 1.91. The molecule has 0 aliphatic carbocycles. The van der Waals surface area contributed by atoms with Gasteiger partial charge in [-0.3, -0.25) is 9.59 Å². The highest BCUT2D eigenvalue weighted by Gasteiger charge is 2.32. The molecule has 0 radical (unpaired) electrons. The Morgan fingerprint density at radius 3 is 2.56 bits per heavy atom. The van der Waals surface area contributed by atoms with Crippen LogP contribution < -0.4 is 9.47 Å². The summed E-state index contributed by atoms with van der Waals surface area (Å²) in [6.07, 6.45) is 0.537. The molecule has 2 rings (SSSR count). The van der Waals surface area contributed by atoms with Crippen molar-refractivity contribution in [2.75, 3.05) is 40.4 Å².